The Morgan fingerprint density at radius 3 is 2.51 bits per heavy atom. The molecule has 1 aromatic carbocycles. The van der Waals surface area contributed by atoms with Gasteiger partial charge in [0.15, 0.2) is 0 Å². The number of alkyl halides is 3. The fourth-order valence-electron chi connectivity index (χ4n) is 5.71. The number of nitrogens with zero attached hydrogens (tertiary/aromatic N) is 6. The van der Waals surface area contributed by atoms with Gasteiger partial charge in [-0.25, -0.2) is 13.9 Å². The van der Waals surface area contributed by atoms with E-state index < -0.39 is 25.8 Å². The third-order valence-corrected chi connectivity index (χ3v) is 9.74. The lowest BCUT2D eigenvalue weighted by molar-refractivity contribution is -0.138. The summed E-state index contributed by atoms with van der Waals surface area (Å²) >= 11 is 0. The van der Waals surface area contributed by atoms with Gasteiger partial charge in [-0.15, -0.1) is 0 Å². The minimum atomic E-state index is -4.61. The van der Waals surface area contributed by atoms with Gasteiger partial charge in [0.25, 0.3) is 0 Å². The van der Waals surface area contributed by atoms with Gasteiger partial charge in [0, 0.05) is 40.0 Å². The summed E-state index contributed by atoms with van der Waals surface area (Å²) < 4.78 is 63.6. The first-order valence-corrected chi connectivity index (χ1v) is 18.3. The summed E-state index contributed by atoms with van der Waals surface area (Å²) in [6.45, 7) is 10.4. The number of anilines is 2. The van der Waals surface area contributed by atoms with E-state index in [-0.39, 0.29) is 37.4 Å². The highest BCUT2D eigenvalue weighted by molar-refractivity contribution is 6.76. The van der Waals surface area contributed by atoms with Crippen LogP contribution in [-0.2, 0) is 30.7 Å². The van der Waals surface area contributed by atoms with Gasteiger partial charge in [-0.2, -0.15) is 18.3 Å². The predicted octanol–water partition coefficient (Wildman–Crippen LogP) is 6.67. The van der Waals surface area contributed by atoms with E-state index in [1.165, 1.54) is 23.2 Å². The van der Waals surface area contributed by atoms with Crippen LogP contribution in [0.4, 0.5) is 33.7 Å². The molecule has 43 heavy (non-hydrogen) atoms. The first kappa shape index (κ1) is 31.0. The number of carbonyl (C=O) groups is 1. The standard InChI is InChI=1S/C30H38F4N6O2Si/c1-21-7-5-9-24(31)28(21)37-13-10-22(11-14-37)39-18-26-27(19-38(36-26)20-42-15-16-43(2,3)4)40(29(39)41)17-25-23(30(32,33)34)8-6-12-35-25/h5-9,12,19,22H,10-11,13-18,20H2,1-4H3. The predicted molar refractivity (Wildman–Crippen MR) is 159 cm³/mol. The number of pyridine rings is 1. The molecule has 5 rings (SSSR count). The zero-order valence-corrected chi connectivity index (χ0v) is 26.0. The Hall–Kier alpha value is -3.45. The number of carbonyl (C=O) groups excluding carboxylic acids is 1. The first-order chi connectivity index (χ1) is 20.3. The molecule has 0 radical (unpaired) electrons. The number of hydrogen-bond donors (Lipinski definition) is 0. The topological polar surface area (TPSA) is 66.7 Å². The highest BCUT2D eigenvalue weighted by Gasteiger charge is 2.40. The molecule has 2 amide bonds. The highest BCUT2D eigenvalue weighted by atomic mass is 28.3. The molecule has 1 fully saturated rings. The molecule has 2 aliphatic heterocycles. The van der Waals surface area contributed by atoms with Crippen molar-refractivity contribution in [3.05, 3.63) is 71.1 Å². The fourth-order valence-corrected chi connectivity index (χ4v) is 6.47. The number of aryl methyl sites for hydroxylation is 1. The van der Waals surface area contributed by atoms with E-state index in [9.17, 15) is 22.4 Å². The number of para-hydroxylation sites is 1. The summed E-state index contributed by atoms with van der Waals surface area (Å²) in [4.78, 5) is 23.0. The normalized spacial score (nSPS) is 16.7. The molecule has 0 aliphatic carbocycles. The molecule has 0 saturated carbocycles. The van der Waals surface area contributed by atoms with Crippen molar-refractivity contribution in [2.45, 2.75) is 77.5 Å². The number of ether oxygens (including phenoxy) is 1. The third-order valence-electron chi connectivity index (χ3n) is 8.04. The number of amides is 2. The minimum Gasteiger partial charge on any atom is -0.369 e. The van der Waals surface area contributed by atoms with E-state index in [0.717, 1.165) is 17.7 Å². The van der Waals surface area contributed by atoms with Crippen LogP contribution >= 0.6 is 0 Å². The lowest BCUT2D eigenvalue weighted by atomic mass is 10.00. The van der Waals surface area contributed by atoms with Gasteiger partial charge in [0.2, 0.25) is 0 Å². The highest BCUT2D eigenvalue weighted by Crippen LogP contribution is 2.36. The van der Waals surface area contributed by atoms with Gasteiger partial charge in [-0.1, -0.05) is 31.8 Å². The van der Waals surface area contributed by atoms with Crippen molar-refractivity contribution in [3.63, 3.8) is 0 Å². The van der Waals surface area contributed by atoms with Crippen molar-refractivity contribution >= 4 is 25.5 Å². The molecule has 1 saturated heterocycles. The van der Waals surface area contributed by atoms with Crippen LogP contribution in [0.3, 0.4) is 0 Å². The zero-order chi connectivity index (χ0) is 30.9. The molecular formula is C30H38F4N6O2Si. The average molecular weight is 619 g/mol. The maximum atomic E-state index is 14.6. The van der Waals surface area contributed by atoms with Crippen molar-refractivity contribution in [1.29, 1.82) is 0 Å². The molecular weight excluding hydrogens is 580 g/mol. The Kier molecular flexibility index (Phi) is 8.84. The van der Waals surface area contributed by atoms with Crippen molar-refractivity contribution < 1.29 is 27.1 Å². The maximum absolute atomic E-state index is 14.6. The third kappa shape index (κ3) is 7.04. The lowest BCUT2D eigenvalue weighted by Crippen LogP contribution is -2.54. The van der Waals surface area contributed by atoms with E-state index in [4.69, 9.17) is 4.74 Å². The molecule has 13 heteroatoms. The Balaban J connectivity index is 1.39. The van der Waals surface area contributed by atoms with Crippen LogP contribution in [0.1, 0.15) is 35.4 Å². The lowest BCUT2D eigenvalue weighted by Gasteiger charge is -2.43. The van der Waals surface area contributed by atoms with Gasteiger partial charge in [0.1, 0.15) is 18.2 Å². The van der Waals surface area contributed by atoms with E-state index >= 15 is 0 Å². The molecule has 0 atom stereocenters. The number of piperidine rings is 1. The number of benzene rings is 1. The molecule has 8 nitrogen and oxygen atoms in total. The van der Waals surface area contributed by atoms with Crippen LogP contribution in [-0.4, -0.2) is 59.5 Å². The Labute approximate surface area is 250 Å². The van der Waals surface area contributed by atoms with Gasteiger partial charge in [-0.3, -0.25) is 9.88 Å². The van der Waals surface area contributed by atoms with E-state index in [2.05, 4.69) is 29.7 Å². The van der Waals surface area contributed by atoms with Gasteiger partial charge in [-0.05, 0) is 49.6 Å². The Morgan fingerprint density at radius 1 is 1.09 bits per heavy atom. The van der Waals surface area contributed by atoms with Crippen molar-refractivity contribution in [2.24, 2.45) is 0 Å². The number of aromatic nitrogens is 3. The Morgan fingerprint density at radius 2 is 1.84 bits per heavy atom. The van der Waals surface area contributed by atoms with E-state index in [1.807, 2.05) is 17.9 Å². The quantitative estimate of drug-likeness (QED) is 0.152. The fraction of sp³-hybridized carbons (Fsp3) is 0.500. The molecule has 4 heterocycles. The molecule has 3 aromatic rings. The second-order valence-electron chi connectivity index (χ2n) is 12.5. The van der Waals surface area contributed by atoms with Crippen LogP contribution in [0.15, 0.2) is 42.7 Å². The number of fused-ring (bicyclic) bond motifs is 1. The molecule has 2 aromatic heterocycles. The van der Waals surface area contributed by atoms with Crippen LogP contribution in [0.5, 0.6) is 0 Å². The summed E-state index contributed by atoms with van der Waals surface area (Å²) in [5, 5.41) is 4.68. The first-order valence-electron chi connectivity index (χ1n) is 14.5. The smallest absolute Gasteiger partial charge is 0.369 e. The van der Waals surface area contributed by atoms with Crippen LogP contribution in [0, 0.1) is 12.7 Å². The molecule has 0 unspecified atom stereocenters. The molecule has 2 aliphatic rings. The zero-order valence-electron chi connectivity index (χ0n) is 25.0. The summed E-state index contributed by atoms with van der Waals surface area (Å²) in [7, 11) is -1.29. The number of halogens is 4. The molecule has 0 N–H and O–H groups in total. The van der Waals surface area contributed by atoms with Gasteiger partial charge >= 0.3 is 12.2 Å². The van der Waals surface area contributed by atoms with Crippen LogP contribution in [0.2, 0.25) is 25.7 Å². The van der Waals surface area contributed by atoms with Crippen molar-refractivity contribution in [3.8, 4) is 0 Å². The van der Waals surface area contributed by atoms with Gasteiger partial charge in [0.05, 0.1) is 41.9 Å². The molecule has 0 bridgehead atoms. The largest absolute Gasteiger partial charge is 0.418 e. The summed E-state index contributed by atoms with van der Waals surface area (Å²) in [6.07, 6.45) is -0.481. The maximum Gasteiger partial charge on any atom is 0.418 e. The summed E-state index contributed by atoms with van der Waals surface area (Å²) in [6, 6.07) is 7.62. The average Bonchev–Trinajstić information content (AvgIpc) is 3.35. The monoisotopic (exact) mass is 618 g/mol. The number of urea groups is 1. The molecule has 232 valence electrons. The molecule has 0 spiro atoms. The van der Waals surface area contributed by atoms with Crippen LogP contribution in [0.25, 0.3) is 0 Å². The summed E-state index contributed by atoms with van der Waals surface area (Å²) in [5.74, 6) is -0.281. The number of hydrogen-bond acceptors (Lipinski definition) is 5. The van der Waals surface area contributed by atoms with Crippen molar-refractivity contribution in [1.82, 2.24) is 19.7 Å². The Bertz CT molecular complexity index is 1430. The minimum absolute atomic E-state index is 0.178. The van der Waals surface area contributed by atoms with Crippen LogP contribution < -0.4 is 9.80 Å². The second kappa shape index (κ2) is 12.3. The summed E-state index contributed by atoms with van der Waals surface area (Å²) in [5.41, 5.74) is 1.34. The van der Waals surface area contributed by atoms with E-state index in [0.29, 0.717) is 49.6 Å². The second-order valence-corrected chi connectivity index (χ2v) is 18.1. The van der Waals surface area contributed by atoms with E-state index in [1.54, 1.807) is 21.8 Å². The SMILES string of the molecule is Cc1cccc(F)c1N1CCC(N2Cc3nn(COCC[Si](C)(C)C)cc3N(Cc3ncccc3C(F)(F)F)C2=O)CC1. The number of rotatable bonds is 9. The van der Waals surface area contributed by atoms with Crippen molar-refractivity contribution in [2.75, 3.05) is 29.5 Å². The van der Waals surface area contributed by atoms with Gasteiger partial charge < -0.3 is 14.5 Å².